The highest BCUT2D eigenvalue weighted by molar-refractivity contribution is 6.28. The lowest BCUT2D eigenvalue weighted by Crippen LogP contribution is -2.28. The molecule has 1 fully saturated rings. The number of aliphatic imine (C=N–C) groups is 1. The molecule has 1 aromatic rings. The number of hydrogen-bond donors (Lipinski definition) is 1. The SMILES string of the molecule is COC1=CC=C2C(=O)NC(=O)C2C1=Nc1ccccc1. The van der Waals surface area contributed by atoms with Crippen LogP contribution in [-0.2, 0) is 14.3 Å². The molecule has 5 heteroatoms. The molecule has 5 nitrogen and oxygen atoms in total. The van der Waals surface area contributed by atoms with E-state index >= 15 is 0 Å². The number of amides is 2. The highest BCUT2D eigenvalue weighted by Gasteiger charge is 2.42. The molecule has 3 rings (SSSR count). The van der Waals surface area contributed by atoms with E-state index in [-0.39, 0.29) is 11.8 Å². The molecule has 1 heterocycles. The summed E-state index contributed by atoms with van der Waals surface area (Å²) in [6, 6.07) is 9.25. The van der Waals surface area contributed by atoms with Crippen molar-refractivity contribution in [2.24, 2.45) is 10.9 Å². The average molecular weight is 268 g/mol. The number of hydrogen-bond acceptors (Lipinski definition) is 4. The third-order valence-corrected chi connectivity index (χ3v) is 3.24. The Hall–Kier alpha value is -2.69. The molecule has 100 valence electrons. The number of methoxy groups -OCH3 is 1. The average Bonchev–Trinajstić information content (AvgIpc) is 2.76. The van der Waals surface area contributed by atoms with Gasteiger partial charge in [0, 0.05) is 5.57 Å². The Morgan fingerprint density at radius 3 is 2.60 bits per heavy atom. The Morgan fingerprint density at radius 1 is 1.15 bits per heavy atom. The number of carbonyl (C=O) groups is 2. The molecule has 1 aromatic carbocycles. The lowest BCUT2D eigenvalue weighted by atomic mass is 9.90. The molecular weight excluding hydrogens is 256 g/mol. The zero-order chi connectivity index (χ0) is 14.1. The van der Waals surface area contributed by atoms with E-state index in [0.29, 0.717) is 22.7 Å². The van der Waals surface area contributed by atoms with Gasteiger partial charge in [0.1, 0.15) is 17.4 Å². The highest BCUT2D eigenvalue weighted by Crippen LogP contribution is 2.30. The van der Waals surface area contributed by atoms with Gasteiger partial charge in [-0.15, -0.1) is 0 Å². The smallest absolute Gasteiger partial charge is 0.255 e. The zero-order valence-electron chi connectivity index (χ0n) is 10.8. The number of ether oxygens (including phenoxy) is 1. The number of nitrogens with one attached hydrogen (secondary N) is 1. The van der Waals surface area contributed by atoms with Gasteiger partial charge in [-0.1, -0.05) is 18.2 Å². The Labute approximate surface area is 115 Å². The number of benzene rings is 1. The molecule has 0 bridgehead atoms. The standard InChI is InChI=1S/C15H12N2O3/c1-20-11-8-7-10-12(15(19)17-14(10)18)13(11)16-9-5-3-2-4-6-9/h2-8,12H,1H3,(H,17,18,19). The van der Waals surface area contributed by atoms with Gasteiger partial charge in [0.15, 0.2) is 0 Å². The molecule has 20 heavy (non-hydrogen) atoms. The summed E-state index contributed by atoms with van der Waals surface area (Å²) in [4.78, 5) is 28.1. The van der Waals surface area contributed by atoms with Crippen LogP contribution in [0.4, 0.5) is 5.69 Å². The summed E-state index contributed by atoms with van der Waals surface area (Å²) >= 11 is 0. The van der Waals surface area contributed by atoms with Crippen LogP contribution in [0, 0.1) is 5.92 Å². The van der Waals surface area contributed by atoms with Crippen molar-refractivity contribution in [1.29, 1.82) is 0 Å². The van der Waals surface area contributed by atoms with Crippen LogP contribution >= 0.6 is 0 Å². The van der Waals surface area contributed by atoms with E-state index in [1.165, 1.54) is 7.11 Å². The molecule has 0 radical (unpaired) electrons. The van der Waals surface area contributed by atoms with Crippen LogP contribution in [0.3, 0.4) is 0 Å². The maximum Gasteiger partial charge on any atom is 0.255 e. The molecule has 1 aliphatic carbocycles. The van der Waals surface area contributed by atoms with Gasteiger partial charge >= 0.3 is 0 Å². The molecule has 1 N–H and O–H groups in total. The second kappa shape index (κ2) is 4.77. The third kappa shape index (κ3) is 1.93. The summed E-state index contributed by atoms with van der Waals surface area (Å²) in [5, 5.41) is 2.30. The fourth-order valence-corrected chi connectivity index (χ4v) is 2.30. The van der Waals surface area contributed by atoms with Crippen LogP contribution in [0.5, 0.6) is 0 Å². The monoisotopic (exact) mass is 268 g/mol. The number of fused-ring (bicyclic) bond motifs is 1. The number of allylic oxidation sites excluding steroid dienone is 3. The quantitative estimate of drug-likeness (QED) is 0.826. The predicted octanol–water partition coefficient (Wildman–Crippen LogP) is 1.50. The Morgan fingerprint density at radius 2 is 1.90 bits per heavy atom. The fourth-order valence-electron chi connectivity index (χ4n) is 2.30. The topological polar surface area (TPSA) is 67.8 Å². The predicted molar refractivity (Wildman–Crippen MR) is 73.4 cm³/mol. The van der Waals surface area contributed by atoms with Crippen molar-refractivity contribution in [3.05, 3.63) is 53.8 Å². The molecule has 1 unspecified atom stereocenters. The second-order valence-electron chi connectivity index (χ2n) is 4.44. The molecule has 2 aliphatic rings. The lowest BCUT2D eigenvalue weighted by molar-refractivity contribution is -0.124. The molecular formula is C15H12N2O3. The van der Waals surface area contributed by atoms with Gasteiger partial charge in [-0.25, -0.2) is 4.99 Å². The second-order valence-corrected chi connectivity index (χ2v) is 4.44. The van der Waals surface area contributed by atoms with Crippen molar-refractivity contribution in [2.75, 3.05) is 7.11 Å². The van der Waals surface area contributed by atoms with E-state index in [1.54, 1.807) is 12.2 Å². The van der Waals surface area contributed by atoms with Crippen LogP contribution in [0.2, 0.25) is 0 Å². The fraction of sp³-hybridized carbons (Fsp3) is 0.133. The van der Waals surface area contributed by atoms with E-state index in [9.17, 15) is 9.59 Å². The molecule has 0 saturated carbocycles. The molecule has 1 atom stereocenters. The zero-order valence-corrected chi connectivity index (χ0v) is 10.8. The van der Waals surface area contributed by atoms with Gasteiger partial charge in [0.25, 0.3) is 5.91 Å². The van der Waals surface area contributed by atoms with Gasteiger partial charge in [0.05, 0.1) is 12.8 Å². The first-order valence-corrected chi connectivity index (χ1v) is 6.16. The molecule has 1 saturated heterocycles. The van der Waals surface area contributed by atoms with Crippen molar-refractivity contribution in [3.63, 3.8) is 0 Å². The van der Waals surface area contributed by atoms with Crippen molar-refractivity contribution in [2.45, 2.75) is 0 Å². The number of imide groups is 1. The van der Waals surface area contributed by atoms with E-state index in [2.05, 4.69) is 10.3 Å². The van der Waals surface area contributed by atoms with Crippen LogP contribution in [0.25, 0.3) is 0 Å². The first-order valence-electron chi connectivity index (χ1n) is 6.16. The lowest BCUT2D eigenvalue weighted by Gasteiger charge is -2.18. The van der Waals surface area contributed by atoms with Crippen LogP contribution in [0.1, 0.15) is 0 Å². The number of rotatable bonds is 2. The van der Waals surface area contributed by atoms with E-state index in [1.807, 2.05) is 30.3 Å². The van der Waals surface area contributed by atoms with Crippen molar-refractivity contribution >= 4 is 23.2 Å². The van der Waals surface area contributed by atoms with Crippen LogP contribution in [-0.4, -0.2) is 24.6 Å². The minimum absolute atomic E-state index is 0.362. The largest absolute Gasteiger partial charge is 0.495 e. The maximum absolute atomic E-state index is 11.9. The number of nitrogens with zero attached hydrogens (tertiary/aromatic N) is 1. The summed E-state index contributed by atoms with van der Waals surface area (Å²) in [7, 11) is 1.51. The van der Waals surface area contributed by atoms with Gasteiger partial charge in [-0.3, -0.25) is 14.9 Å². The maximum atomic E-state index is 11.9. The van der Waals surface area contributed by atoms with E-state index in [4.69, 9.17) is 4.74 Å². The molecule has 2 amide bonds. The first kappa shape index (κ1) is 12.3. The van der Waals surface area contributed by atoms with Crippen molar-refractivity contribution in [3.8, 4) is 0 Å². The third-order valence-electron chi connectivity index (χ3n) is 3.24. The van der Waals surface area contributed by atoms with Gasteiger partial charge in [0.2, 0.25) is 5.91 Å². The van der Waals surface area contributed by atoms with E-state index in [0.717, 1.165) is 0 Å². The minimum atomic E-state index is -0.692. The van der Waals surface area contributed by atoms with Crippen molar-refractivity contribution in [1.82, 2.24) is 5.32 Å². The molecule has 1 aliphatic heterocycles. The number of para-hydroxylation sites is 1. The first-order chi connectivity index (χ1) is 9.70. The van der Waals surface area contributed by atoms with E-state index < -0.39 is 5.92 Å². The normalized spacial score (nSPS) is 23.1. The van der Waals surface area contributed by atoms with Crippen LogP contribution < -0.4 is 5.32 Å². The van der Waals surface area contributed by atoms with Crippen molar-refractivity contribution < 1.29 is 14.3 Å². The van der Waals surface area contributed by atoms with Gasteiger partial charge in [-0.05, 0) is 24.3 Å². The van der Waals surface area contributed by atoms with Gasteiger partial charge < -0.3 is 4.74 Å². The minimum Gasteiger partial charge on any atom is -0.495 e. The summed E-state index contributed by atoms with van der Waals surface area (Å²) in [5.41, 5.74) is 1.57. The Bertz CT molecular complexity index is 672. The summed E-state index contributed by atoms with van der Waals surface area (Å²) in [5.74, 6) is -0.930. The Balaban J connectivity index is 2.10. The Kier molecular flexibility index (Phi) is 2.95. The number of carbonyl (C=O) groups excluding carboxylic acids is 2. The summed E-state index contributed by atoms with van der Waals surface area (Å²) in [6.07, 6.45) is 3.26. The highest BCUT2D eigenvalue weighted by atomic mass is 16.5. The summed E-state index contributed by atoms with van der Waals surface area (Å²) < 4.78 is 5.26. The molecule has 0 aromatic heterocycles. The summed E-state index contributed by atoms with van der Waals surface area (Å²) in [6.45, 7) is 0. The van der Waals surface area contributed by atoms with Crippen LogP contribution in [0.15, 0.2) is 58.8 Å². The molecule has 0 spiro atoms. The van der Waals surface area contributed by atoms with Gasteiger partial charge in [-0.2, -0.15) is 0 Å².